The molecule has 4 rings (SSSR count). The Kier molecular flexibility index (Phi) is 4.31. The second-order valence-corrected chi connectivity index (χ2v) is 6.62. The van der Waals surface area contributed by atoms with Crippen LogP contribution in [0.5, 0.6) is 0 Å². The molecule has 0 bridgehead atoms. The van der Waals surface area contributed by atoms with Gasteiger partial charge < -0.3 is 10.6 Å². The van der Waals surface area contributed by atoms with Crippen molar-refractivity contribution < 1.29 is 19.2 Å². The molecule has 1 fully saturated rings. The van der Waals surface area contributed by atoms with Gasteiger partial charge in [-0.1, -0.05) is 12.1 Å². The molecule has 8 heteroatoms. The summed E-state index contributed by atoms with van der Waals surface area (Å²) in [5.41, 5.74) is 1.85. The van der Waals surface area contributed by atoms with Gasteiger partial charge >= 0.3 is 6.03 Å². The summed E-state index contributed by atoms with van der Waals surface area (Å²) in [7, 11) is 0. The van der Waals surface area contributed by atoms with Gasteiger partial charge in [-0.3, -0.25) is 24.2 Å². The fourth-order valence-corrected chi connectivity index (χ4v) is 3.37. The molecule has 2 aromatic rings. The van der Waals surface area contributed by atoms with Crippen LogP contribution in [0.1, 0.15) is 27.6 Å². The highest BCUT2D eigenvalue weighted by Gasteiger charge is 2.40. The quantitative estimate of drug-likeness (QED) is 0.793. The number of urea groups is 1. The Bertz CT molecular complexity index is 951. The number of carbonyl (C=O) groups is 4. The van der Waals surface area contributed by atoms with E-state index in [0.717, 1.165) is 10.6 Å². The van der Waals surface area contributed by atoms with E-state index in [4.69, 9.17) is 0 Å². The molecule has 142 valence electrons. The molecule has 0 aliphatic carbocycles. The van der Waals surface area contributed by atoms with Crippen LogP contribution in [-0.4, -0.2) is 47.8 Å². The highest BCUT2D eigenvalue weighted by atomic mass is 16.2. The Morgan fingerprint density at radius 3 is 2.14 bits per heavy atom. The normalized spacial score (nSPS) is 16.8. The van der Waals surface area contributed by atoms with Crippen molar-refractivity contribution in [3.05, 3.63) is 59.7 Å². The summed E-state index contributed by atoms with van der Waals surface area (Å²) in [5.74, 6) is -1.42. The van der Waals surface area contributed by atoms with E-state index in [1.807, 2.05) is 0 Å². The third-order valence-electron chi connectivity index (χ3n) is 4.90. The predicted octanol–water partition coefficient (Wildman–Crippen LogP) is 1.84. The lowest BCUT2D eigenvalue weighted by Crippen LogP contribution is -2.45. The lowest BCUT2D eigenvalue weighted by molar-refractivity contribution is -0.119. The number of hydrogen-bond acceptors (Lipinski definition) is 4. The Morgan fingerprint density at radius 1 is 1.00 bits per heavy atom. The fourth-order valence-electron chi connectivity index (χ4n) is 3.37. The van der Waals surface area contributed by atoms with E-state index < -0.39 is 23.8 Å². The monoisotopic (exact) mass is 378 g/mol. The van der Waals surface area contributed by atoms with E-state index in [1.54, 1.807) is 53.4 Å². The van der Waals surface area contributed by atoms with Gasteiger partial charge in [0, 0.05) is 24.5 Å². The van der Waals surface area contributed by atoms with Gasteiger partial charge in [0.15, 0.2) is 0 Å². The number of benzene rings is 2. The van der Waals surface area contributed by atoms with E-state index in [2.05, 4.69) is 10.6 Å². The molecule has 0 aromatic heterocycles. The third-order valence-corrected chi connectivity index (χ3v) is 4.90. The Balaban J connectivity index is 1.46. The molecule has 2 aliphatic rings. The van der Waals surface area contributed by atoms with E-state index in [9.17, 15) is 19.2 Å². The third kappa shape index (κ3) is 2.88. The first-order valence-corrected chi connectivity index (χ1v) is 8.90. The van der Waals surface area contributed by atoms with Crippen LogP contribution in [0, 0.1) is 0 Å². The van der Waals surface area contributed by atoms with Gasteiger partial charge in [-0.15, -0.1) is 0 Å². The van der Waals surface area contributed by atoms with Gasteiger partial charge in [0.2, 0.25) is 5.91 Å². The Hall–Kier alpha value is -3.68. The number of hydrogen-bond donors (Lipinski definition) is 2. The van der Waals surface area contributed by atoms with E-state index in [0.29, 0.717) is 29.9 Å². The van der Waals surface area contributed by atoms with E-state index in [-0.39, 0.29) is 6.03 Å². The summed E-state index contributed by atoms with van der Waals surface area (Å²) in [4.78, 5) is 51.9. The fraction of sp³-hybridized carbons (Fsp3) is 0.200. The Morgan fingerprint density at radius 2 is 1.61 bits per heavy atom. The van der Waals surface area contributed by atoms with Crippen LogP contribution >= 0.6 is 0 Å². The minimum atomic E-state index is -0.962. The zero-order chi connectivity index (χ0) is 19.8. The second kappa shape index (κ2) is 6.80. The highest BCUT2D eigenvalue weighted by Crippen LogP contribution is 2.25. The average Bonchev–Trinajstić information content (AvgIpc) is 3.24. The molecule has 0 spiro atoms. The molecule has 2 aliphatic heterocycles. The number of amides is 5. The first-order chi connectivity index (χ1) is 13.5. The molecule has 2 aromatic carbocycles. The molecule has 8 nitrogen and oxygen atoms in total. The van der Waals surface area contributed by atoms with Crippen LogP contribution in [0.3, 0.4) is 0 Å². The van der Waals surface area contributed by atoms with Crippen molar-refractivity contribution >= 4 is 35.1 Å². The summed E-state index contributed by atoms with van der Waals surface area (Å²) >= 11 is 0. The van der Waals surface area contributed by atoms with E-state index >= 15 is 0 Å². The van der Waals surface area contributed by atoms with Crippen molar-refractivity contribution in [2.75, 3.05) is 23.3 Å². The molecule has 0 saturated carbocycles. The second-order valence-electron chi connectivity index (χ2n) is 6.62. The van der Waals surface area contributed by atoms with Gasteiger partial charge in [-0.2, -0.15) is 0 Å². The molecule has 1 unspecified atom stereocenters. The summed E-state index contributed by atoms with van der Waals surface area (Å²) in [6.07, 6.45) is 0. The average molecular weight is 378 g/mol. The maximum Gasteiger partial charge on any atom is 0.321 e. The first kappa shape index (κ1) is 17.7. The van der Waals surface area contributed by atoms with Gasteiger partial charge in [-0.25, -0.2) is 4.79 Å². The molecule has 1 saturated heterocycles. The summed E-state index contributed by atoms with van der Waals surface area (Å²) < 4.78 is 0. The highest BCUT2D eigenvalue weighted by molar-refractivity contribution is 6.23. The maximum atomic E-state index is 12.6. The van der Waals surface area contributed by atoms with Gasteiger partial charge in [0.05, 0.1) is 11.1 Å². The van der Waals surface area contributed by atoms with Gasteiger partial charge in [-0.05, 0) is 43.3 Å². The van der Waals surface area contributed by atoms with Crippen LogP contribution in [-0.2, 0) is 4.79 Å². The van der Waals surface area contributed by atoms with Crippen LogP contribution in [0.15, 0.2) is 48.5 Å². The summed E-state index contributed by atoms with van der Waals surface area (Å²) in [6, 6.07) is 12.2. The topological polar surface area (TPSA) is 98.8 Å². The van der Waals surface area contributed by atoms with E-state index in [1.165, 1.54) is 6.92 Å². The minimum Gasteiger partial charge on any atom is -0.336 e. The smallest absolute Gasteiger partial charge is 0.321 e. The number of nitrogens with one attached hydrogen (secondary N) is 2. The predicted molar refractivity (Wildman–Crippen MR) is 102 cm³/mol. The summed E-state index contributed by atoms with van der Waals surface area (Å²) in [5, 5.41) is 5.44. The molecule has 0 radical (unpaired) electrons. The van der Waals surface area contributed by atoms with Gasteiger partial charge in [0.25, 0.3) is 11.8 Å². The molecule has 2 heterocycles. The lowest BCUT2D eigenvalue weighted by atomic mass is 10.1. The Labute approximate surface area is 161 Å². The molecular formula is C20H18N4O4. The summed E-state index contributed by atoms with van der Waals surface area (Å²) in [6.45, 7) is 2.69. The first-order valence-electron chi connectivity index (χ1n) is 8.90. The zero-order valence-corrected chi connectivity index (χ0v) is 15.1. The SMILES string of the molecule is CC(C(=O)Nc1ccc(N2CCNC2=O)cc1)N1C(=O)c2ccccc2C1=O. The van der Waals surface area contributed by atoms with Crippen molar-refractivity contribution in [2.45, 2.75) is 13.0 Å². The van der Waals surface area contributed by atoms with Crippen molar-refractivity contribution in [1.82, 2.24) is 10.2 Å². The molecule has 2 N–H and O–H groups in total. The minimum absolute atomic E-state index is 0.156. The van der Waals surface area contributed by atoms with Crippen molar-refractivity contribution in [3.63, 3.8) is 0 Å². The number of carbonyl (C=O) groups excluding carboxylic acids is 4. The zero-order valence-electron chi connectivity index (χ0n) is 15.1. The van der Waals surface area contributed by atoms with Crippen molar-refractivity contribution in [2.24, 2.45) is 0 Å². The van der Waals surface area contributed by atoms with Crippen LogP contribution in [0.2, 0.25) is 0 Å². The molecule has 5 amide bonds. The lowest BCUT2D eigenvalue weighted by Gasteiger charge is -2.22. The van der Waals surface area contributed by atoms with Crippen molar-refractivity contribution in [1.29, 1.82) is 0 Å². The number of rotatable bonds is 4. The standard InChI is InChI=1S/C20H18N4O4/c1-12(24-18(26)15-4-2-3-5-16(15)19(24)27)17(25)22-13-6-8-14(9-7-13)23-11-10-21-20(23)28/h2-9,12H,10-11H2,1H3,(H,21,28)(H,22,25). The largest absolute Gasteiger partial charge is 0.336 e. The van der Waals surface area contributed by atoms with Crippen molar-refractivity contribution in [3.8, 4) is 0 Å². The van der Waals surface area contributed by atoms with Crippen LogP contribution < -0.4 is 15.5 Å². The van der Waals surface area contributed by atoms with Crippen LogP contribution in [0.4, 0.5) is 16.2 Å². The van der Waals surface area contributed by atoms with Crippen LogP contribution in [0.25, 0.3) is 0 Å². The van der Waals surface area contributed by atoms with Gasteiger partial charge in [0.1, 0.15) is 6.04 Å². The maximum absolute atomic E-state index is 12.6. The molecule has 28 heavy (non-hydrogen) atoms. The number of fused-ring (bicyclic) bond motifs is 1. The number of anilines is 2. The molecule has 1 atom stereocenters. The number of imide groups is 1. The number of nitrogens with zero attached hydrogens (tertiary/aromatic N) is 2. The molecular weight excluding hydrogens is 360 g/mol.